The zero-order valence-corrected chi connectivity index (χ0v) is 48.5. The fourth-order valence-corrected chi connectivity index (χ4v) is 8.39. The van der Waals surface area contributed by atoms with Crippen molar-refractivity contribution >= 4 is 41.9 Å². The maximum Gasteiger partial charge on any atom is 0.407 e. The third kappa shape index (κ3) is 20.5. The van der Waals surface area contributed by atoms with E-state index in [0.717, 1.165) is 16.7 Å². The lowest BCUT2D eigenvalue weighted by molar-refractivity contribution is -0.141. The predicted octanol–water partition coefficient (Wildman–Crippen LogP) is 8.36. The van der Waals surface area contributed by atoms with E-state index in [1.807, 2.05) is 55.5 Å². The molecule has 0 fully saturated rings. The van der Waals surface area contributed by atoms with E-state index in [2.05, 4.69) is 31.9 Å². The molecule has 0 saturated carbocycles. The average Bonchev–Trinajstić information content (AvgIpc) is 3.49. The van der Waals surface area contributed by atoms with Crippen LogP contribution in [0.15, 0.2) is 97.1 Å². The number of ether oxygens (including phenoxy) is 5. The van der Waals surface area contributed by atoms with Crippen molar-refractivity contribution in [1.29, 1.82) is 5.26 Å². The molecule has 1 aliphatic rings. The number of fused-ring (bicyclic) bond motifs is 5. The molecule has 434 valence electrons. The first-order valence-electron chi connectivity index (χ1n) is 26.9. The Morgan fingerprint density at radius 1 is 0.691 bits per heavy atom. The zero-order valence-electron chi connectivity index (χ0n) is 48.5. The van der Waals surface area contributed by atoms with Crippen LogP contribution in [-0.2, 0) is 35.0 Å². The lowest BCUT2D eigenvalue weighted by Crippen LogP contribution is -2.54. The third-order valence-electron chi connectivity index (χ3n) is 12.1. The molecule has 81 heavy (non-hydrogen) atoms. The van der Waals surface area contributed by atoms with Crippen LogP contribution in [-0.4, -0.2) is 122 Å². The molecule has 5 rings (SSSR count). The maximum atomic E-state index is 15.2. The number of hydrogen-bond acceptors (Lipinski definition) is 13. The van der Waals surface area contributed by atoms with Crippen molar-refractivity contribution in [3.8, 4) is 39.8 Å². The highest BCUT2D eigenvalue weighted by Crippen LogP contribution is 2.40. The summed E-state index contributed by atoms with van der Waals surface area (Å²) in [6, 6.07) is 22.4. The summed E-state index contributed by atoms with van der Waals surface area (Å²) in [4.78, 5) is 97.4. The molecular weight excluding hydrogens is 1040 g/mol. The molecule has 0 aliphatic carbocycles. The number of rotatable bonds is 18. The van der Waals surface area contributed by atoms with Crippen molar-refractivity contribution in [3.63, 3.8) is 0 Å². The number of benzene rings is 4. The van der Waals surface area contributed by atoms with Crippen LogP contribution in [0, 0.1) is 18.3 Å². The first kappa shape index (κ1) is 63.2. The van der Waals surface area contributed by atoms with E-state index >= 15 is 9.59 Å². The molecular formula is C61H78N8O12. The fraction of sp³-hybridized carbons (Fsp3) is 0.443. The van der Waals surface area contributed by atoms with Gasteiger partial charge in [-0.3, -0.25) is 19.2 Å². The molecule has 0 unspecified atom stereocenters. The third-order valence-corrected chi connectivity index (χ3v) is 12.1. The van der Waals surface area contributed by atoms with E-state index in [-0.39, 0.29) is 69.0 Å². The number of nitrogens with one attached hydrogen (secondary N) is 6. The van der Waals surface area contributed by atoms with Gasteiger partial charge in [0, 0.05) is 36.4 Å². The van der Waals surface area contributed by atoms with Gasteiger partial charge in [0.25, 0.3) is 5.91 Å². The molecule has 4 aromatic rings. The second-order valence-corrected chi connectivity index (χ2v) is 22.6. The van der Waals surface area contributed by atoms with Gasteiger partial charge in [-0.05, 0) is 154 Å². The topological polar surface area (TPSA) is 265 Å². The summed E-state index contributed by atoms with van der Waals surface area (Å²) in [5.41, 5.74) is 2.67. The number of nitrogens with zero attached hydrogens (tertiary/aromatic N) is 2. The number of aryl methyl sites for hydroxylation is 1. The average molecular weight is 1120 g/mol. The number of amides is 7. The lowest BCUT2D eigenvalue weighted by Gasteiger charge is -2.33. The second-order valence-electron chi connectivity index (χ2n) is 22.6. The Morgan fingerprint density at radius 2 is 1.20 bits per heavy atom. The standard InChI is InChI=1S/C61H78N8O12/c1-38-17-20-41(21-18-38)42-22-24-43(25-23-42)53(71)68-48(16-14-30-63-56(74)79-59(3,4)5)55(73)69(12)51-44-26-28-50(78-34-32-65-58(76)81-61(9,10)11)47(37-44)46-36-40(19-27-49(46)77-33-31-64-57(75)80-60(6,7)8)35-45(15-13-29-62)67-52(70)39(2)66-54(51)72/h13,15,17-28,36-37,39,45,48,51H,14,16,30-35H2,1-12H3,(H,63,74)(H,64,75)(H,65,76)(H,66,72)(H,67,70)(H,68,71)/b15-13+/t39-,45+,48-,51-/m0/s1. The summed E-state index contributed by atoms with van der Waals surface area (Å²) in [7, 11) is 1.41. The number of carbonyl (C=O) groups excluding carboxylic acids is 7. The fourth-order valence-electron chi connectivity index (χ4n) is 8.39. The van der Waals surface area contributed by atoms with Crippen LogP contribution in [0.3, 0.4) is 0 Å². The van der Waals surface area contributed by atoms with Gasteiger partial charge in [0.1, 0.15) is 59.6 Å². The second kappa shape index (κ2) is 28.5. The van der Waals surface area contributed by atoms with Crippen LogP contribution in [0.4, 0.5) is 14.4 Å². The predicted molar refractivity (Wildman–Crippen MR) is 306 cm³/mol. The van der Waals surface area contributed by atoms with Crippen LogP contribution >= 0.6 is 0 Å². The van der Waals surface area contributed by atoms with Gasteiger partial charge in [0.2, 0.25) is 17.7 Å². The van der Waals surface area contributed by atoms with Crippen molar-refractivity contribution in [3.05, 3.63) is 119 Å². The van der Waals surface area contributed by atoms with Crippen molar-refractivity contribution in [1.82, 2.24) is 36.8 Å². The highest BCUT2D eigenvalue weighted by atomic mass is 16.6. The van der Waals surface area contributed by atoms with Crippen molar-refractivity contribution in [2.24, 2.45) is 0 Å². The minimum atomic E-state index is -1.48. The van der Waals surface area contributed by atoms with Crippen LogP contribution < -0.4 is 41.4 Å². The maximum absolute atomic E-state index is 15.2. The van der Waals surface area contributed by atoms with Gasteiger partial charge in [-0.1, -0.05) is 60.2 Å². The molecule has 20 nitrogen and oxygen atoms in total. The van der Waals surface area contributed by atoms with Gasteiger partial charge in [-0.15, -0.1) is 0 Å². The minimum Gasteiger partial charge on any atom is -0.491 e. The molecule has 1 heterocycles. The van der Waals surface area contributed by atoms with E-state index in [4.69, 9.17) is 23.7 Å². The Bertz CT molecular complexity index is 2930. The summed E-state index contributed by atoms with van der Waals surface area (Å²) in [5, 5.41) is 26.2. The van der Waals surface area contributed by atoms with E-state index in [1.165, 1.54) is 31.0 Å². The molecule has 0 aromatic heterocycles. The van der Waals surface area contributed by atoms with Crippen molar-refractivity contribution in [2.75, 3.05) is 39.9 Å². The number of nitriles is 1. The minimum absolute atomic E-state index is 0.00253. The summed E-state index contributed by atoms with van der Waals surface area (Å²) in [6.07, 6.45) is 1.19. The van der Waals surface area contributed by atoms with Crippen LogP contribution in [0.1, 0.15) is 115 Å². The summed E-state index contributed by atoms with van der Waals surface area (Å²) in [6.45, 7) is 19.2. The van der Waals surface area contributed by atoms with E-state index in [9.17, 15) is 29.2 Å². The number of likely N-dealkylation sites (N-methyl/N-ethyl adjacent to an activating group) is 1. The van der Waals surface area contributed by atoms with E-state index in [1.54, 1.807) is 105 Å². The van der Waals surface area contributed by atoms with E-state index < -0.39 is 82.9 Å². The molecule has 6 N–H and O–H groups in total. The van der Waals surface area contributed by atoms with Crippen molar-refractivity contribution < 1.29 is 57.2 Å². The van der Waals surface area contributed by atoms with Crippen molar-refractivity contribution in [2.45, 2.75) is 136 Å². The van der Waals surface area contributed by atoms with Gasteiger partial charge in [-0.25, -0.2) is 14.4 Å². The molecule has 0 radical (unpaired) electrons. The van der Waals surface area contributed by atoms with Gasteiger partial charge in [0.05, 0.1) is 25.2 Å². The van der Waals surface area contributed by atoms with Gasteiger partial charge in [-0.2, -0.15) is 5.26 Å². The number of carbonyl (C=O) groups is 7. The Balaban J connectivity index is 1.61. The molecule has 0 spiro atoms. The molecule has 1 aliphatic heterocycles. The molecule has 20 heteroatoms. The monoisotopic (exact) mass is 1110 g/mol. The van der Waals surface area contributed by atoms with Crippen LogP contribution in [0.2, 0.25) is 0 Å². The Kier molecular flexibility index (Phi) is 22.3. The Hall–Kier alpha value is -8.60. The van der Waals surface area contributed by atoms with Crippen LogP contribution in [0.5, 0.6) is 11.5 Å². The highest BCUT2D eigenvalue weighted by molar-refractivity contribution is 5.99. The van der Waals surface area contributed by atoms with Gasteiger partial charge in [0.15, 0.2) is 0 Å². The summed E-state index contributed by atoms with van der Waals surface area (Å²) < 4.78 is 29.0. The summed E-state index contributed by atoms with van der Waals surface area (Å²) >= 11 is 0. The number of hydrogen-bond donors (Lipinski definition) is 6. The molecule has 4 aromatic carbocycles. The summed E-state index contributed by atoms with van der Waals surface area (Å²) in [5.74, 6) is -2.02. The highest BCUT2D eigenvalue weighted by Gasteiger charge is 2.36. The molecule has 0 saturated heterocycles. The molecule has 4 bridgehead atoms. The largest absolute Gasteiger partial charge is 0.491 e. The Labute approximate surface area is 475 Å². The molecule has 7 amide bonds. The number of allylic oxidation sites excluding steroid dienone is 1. The SMILES string of the molecule is Cc1ccc(-c2ccc(C(=O)N[C@@H](CCCNC(=O)OC(C)(C)C)C(=O)N(C)[C@@H]3C(=O)N[C@@H](C)C(=O)N[C@H](/C=C/C#N)Cc4ccc(OCCNC(=O)OC(C)(C)C)c(c4)-c4cc3ccc4OCCNC(=O)OC(C)(C)C)cc2)cc1. The van der Waals surface area contributed by atoms with Gasteiger partial charge < -0.3 is 60.5 Å². The zero-order chi connectivity index (χ0) is 59.7. The van der Waals surface area contributed by atoms with E-state index in [0.29, 0.717) is 22.4 Å². The number of alkyl carbamates (subject to hydrolysis) is 3. The Morgan fingerprint density at radius 3 is 1.73 bits per heavy atom. The smallest absolute Gasteiger partial charge is 0.407 e. The first-order valence-corrected chi connectivity index (χ1v) is 26.9. The first-order chi connectivity index (χ1) is 38.1. The lowest BCUT2D eigenvalue weighted by atomic mass is 9.93. The van der Waals surface area contributed by atoms with Gasteiger partial charge >= 0.3 is 18.3 Å². The quantitative estimate of drug-likeness (QED) is 0.0311. The molecule has 4 atom stereocenters. The normalized spacial score (nSPS) is 16.0. The van der Waals surface area contributed by atoms with Crippen LogP contribution in [0.25, 0.3) is 22.3 Å².